The molecule has 1 aliphatic heterocycles. The van der Waals surface area contributed by atoms with Crippen molar-refractivity contribution in [3.63, 3.8) is 0 Å². The van der Waals surface area contributed by atoms with E-state index in [1.54, 1.807) is 0 Å². The van der Waals surface area contributed by atoms with Gasteiger partial charge in [-0.3, -0.25) is 4.90 Å². The van der Waals surface area contributed by atoms with Gasteiger partial charge in [0.25, 0.3) is 0 Å². The second kappa shape index (κ2) is 6.30. The van der Waals surface area contributed by atoms with E-state index in [-0.39, 0.29) is 6.10 Å². The number of nitrogens with zero attached hydrogens (tertiary/aromatic N) is 1. The third kappa shape index (κ3) is 3.65. The van der Waals surface area contributed by atoms with Gasteiger partial charge in [0.05, 0.1) is 6.61 Å². The van der Waals surface area contributed by atoms with Crippen molar-refractivity contribution in [2.24, 2.45) is 5.73 Å². The average molecular weight is 350 g/mol. The number of nitrogens with two attached hydrogens (primary N) is 1. The van der Waals surface area contributed by atoms with Crippen molar-refractivity contribution < 1.29 is 4.74 Å². The monoisotopic (exact) mass is 348 g/mol. The minimum Gasteiger partial charge on any atom is -0.391 e. The molecule has 1 atom stereocenters. The van der Waals surface area contributed by atoms with Gasteiger partial charge in [0.1, 0.15) is 11.1 Å². The smallest absolute Gasteiger partial charge is 0.120 e. The van der Waals surface area contributed by atoms with Crippen LogP contribution in [0.15, 0.2) is 22.7 Å². The van der Waals surface area contributed by atoms with Crippen LogP contribution in [0.5, 0.6) is 0 Å². The van der Waals surface area contributed by atoms with Gasteiger partial charge in [-0.05, 0) is 17.7 Å². The normalized spacial score (nSPS) is 20.9. The van der Waals surface area contributed by atoms with Gasteiger partial charge in [-0.2, -0.15) is 0 Å². The third-order valence-corrected chi connectivity index (χ3v) is 3.98. The third-order valence-electron chi connectivity index (χ3n) is 2.88. The highest BCUT2D eigenvalue weighted by molar-refractivity contribution is 9.10. The SMILES string of the molecule is NC(=S)C1CN(Cc2ccc(Br)cc2Cl)CCO1. The Morgan fingerprint density at radius 2 is 2.39 bits per heavy atom. The molecule has 0 aromatic heterocycles. The van der Waals surface area contributed by atoms with Crippen molar-refractivity contribution in [2.75, 3.05) is 19.7 Å². The van der Waals surface area contributed by atoms with Gasteiger partial charge in [0.2, 0.25) is 0 Å². The van der Waals surface area contributed by atoms with E-state index in [1.165, 1.54) is 0 Å². The number of morpholine rings is 1. The lowest BCUT2D eigenvalue weighted by atomic mass is 10.2. The Balaban J connectivity index is 2.02. The molecule has 0 amide bonds. The minimum absolute atomic E-state index is 0.150. The maximum absolute atomic E-state index is 6.21. The van der Waals surface area contributed by atoms with E-state index < -0.39 is 0 Å². The summed E-state index contributed by atoms with van der Waals surface area (Å²) in [7, 11) is 0. The molecule has 1 fully saturated rings. The van der Waals surface area contributed by atoms with E-state index in [0.717, 1.165) is 34.7 Å². The number of benzene rings is 1. The largest absolute Gasteiger partial charge is 0.391 e. The molecule has 98 valence electrons. The Bertz CT molecular complexity index is 458. The quantitative estimate of drug-likeness (QED) is 0.851. The lowest BCUT2D eigenvalue weighted by molar-refractivity contribution is 0.00391. The Kier molecular flexibility index (Phi) is 4.98. The Morgan fingerprint density at radius 1 is 1.61 bits per heavy atom. The van der Waals surface area contributed by atoms with Crippen LogP contribution in [0.4, 0.5) is 0 Å². The van der Waals surface area contributed by atoms with Crippen molar-refractivity contribution in [3.05, 3.63) is 33.3 Å². The highest BCUT2D eigenvalue weighted by Crippen LogP contribution is 2.23. The fourth-order valence-electron chi connectivity index (χ4n) is 1.91. The molecular weight excluding hydrogens is 336 g/mol. The van der Waals surface area contributed by atoms with Crippen LogP contribution in [-0.2, 0) is 11.3 Å². The first-order valence-corrected chi connectivity index (χ1v) is 7.21. The first-order chi connectivity index (χ1) is 8.56. The number of halogens is 2. The first kappa shape index (κ1) is 14.2. The van der Waals surface area contributed by atoms with E-state index in [4.69, 9.17) is 34.3 Å². The van der Waals surface area contributed by atoms with Crippen LogP contribution < -0.4 is 5.73 Å². The van der Waals surface area contributed by atoms with Gasteiger partial charge in [-0.1, -0.05) is 45.8 Å². The molecule has 18 heavy (non-hydrogen) atoms. The van der Waals surface area contributed by atoms with Crippen LogP contribution >= 0.6 is 39.7 Å². The molecule has 1 saturated heterocycles. The second-order valence-corrected chi connectivity index (χ2v) is 6.03. The summed E-state index contributed by atoms with van der Waals surface area (Å²) in [6.45, 7) is 3.03. The molecule has 6 heteroatoms. The van der Waals surface area contributed by atoms with Crippen LogP contribution in [0, 0.1) is 0 Å². The maximum Gasteiger partial charge on any atom is 0.120 e. The molecule has 1 aromatic rings. The van der Waals surface area contributed by atoms with Crippen molar-refractivity contribution in [1.29, 1.82) is 0 Å². The van der Waals surface area contributed by atoms with Gasteiger partial charge >= 0.3 is 0 Å². The van der Waals surface area contributed by atoms with Crippen LogP contribution in [-0.4, -0.2) is 35.7 Å². The number of thiocarbonyl (C=S) groups is 1. The van der Waals surface area contributed by atoms with Gasteiger partial charge in [-0.15, -0.1) is 0 Å². The summed E-state index contributed by atoms with van der Waals surface area (Å²) in [5.74, 6) is 0. The number of rotatable bonds is 3. The van der Waals surface area contributed by atoms with Gasteiger partial charge < -0.3 is 10.5 Å². The molecule has 0 aliphatic carbocycles. The van der Waals surface area contributed by atoms with E-state index in [0.29, 0.717) is 11.6 Å². The molecule has 0 bridgehead atoms. The van der Waals surface area contributed by atoms with Crippen molar-refractivity contribution in [3.8, 4) is 0 Å². The number of hydrogen-bond acceptors (Lipinski definition) is 3. The molecule has 3 nitrogen and oxygen atoms in total. The van der Waals surface area contributed by atoms with Crippen LogP contribution in [0.1, 0.15) is 5.56 Å². The summed E-state index contributed by atoms with van der Waals surface area (Å²) >= 11 is 14.6. The molecule has 2 N–H and O–H groups in total. The summed E-state index contributed by atoms with van der Waals surface area (Å²) in [5.41, 5.74) is 6.72. The van der Waals surface area contributed by atoms with Crippen molar-refractivity contribution >= 4 is 44.7 Å². The Hall–Kier alpha value is -0.200. The maximum atomic E-state index is 6.21. The summed E-state index contributed by atoms with van der Waals surface area (Å²) in [5, 5.41) is 0.766. The minimum atomic E-state index is -0.150. The van der Waals surface area contributed by atoms with Crippen molar-refractivity contribution in [2.45, 2.75) is 12.6 Å². The second-order valence-electron chi connectivity index (χ2n) is 4.23. The lowest BCUT2D eigenvalue weighted by Crippen LogP contribution is -2.47. The van der Waals surface area contributed by atoms with E-state index in [9.17, 15) is 0 Å². The van der Waals surface area contributed by atoms with Crippen LogP contribution in [0.25, 0.3) is 0 Å². The van der Waals surface area contributed by atoms with E-state index in [1.807, 2.05) is 18.2 Å². The van der Waals surface area contributed by atoms with Gasteiger partial charge in [-0.25, -0.2) is 0 Å². The molecule has 2 rings (SSSR count). The molecular formula is C12H14BrClN2OS. The summed E-state index contributed by atoms with van der Waals surface area (Å²) < 4.78 is 6.49. The van der Waals surface area contributed by atoms with Crippen LogP contribution in [0.2, 0.25) is 5.02 Å². The van der Waals surface area contributed by atoms with Gasteiger partial charge in [0, 0.05) is 29.1 Å². The summed E-state index contributed by atoms with van der Waals surface area (Å²) in [6.07, 6.45) is -0.150. The molecule has 1 unspecified atom stereocenters. The number of ether oxygens (including phenoxy) is 1. The highest BCUT2D eigenvalue weighted by atomic mass is 79.9. The molecule has 1 aliphatic rings. The molecule has 0 radical (unpaired) electrons. The fraction of sp³-hybridized carbons (Fsp3) is 0.417. The summed E-state index contributed by atoms with van der Waals surface area (Å²) in [6, 6.07) is 5.92. The molecule has 0 spiro atoms. The lowest BCUT2D eigenvalue weighted by Gasteiger charge is -2.32. The highest BCUT2D eigenvalue weighted by Gasteiger charge is 2.22. The fourth-order valence-corrected chi connectivity index (χ4v) is 2.78. The molecule has 0 saturated carbocycles. The standard InChI is InChI=1S/C12H14BrClN2OS/c13-9-2-1-8(10(14)5-9)6-16-3-4-17-11(7-16)12(15)18/h1-2,5,11H,3-4,6-7H2,(H2,15,18). The zero-order valence-electron chi connectivity index (χ0n) is 9.73. The summed E-state index contributed by atoms with van der Waals surface area (Å²) in [4.78, 5) is 2.67. The van der Waals surface area contributed by atoms with Gasteiger partial charge in [0.15, 0.2) is 0 Å². The van der Waals surface area contributed by atoms with E-state index >= 15 is 0 Å². The zero-order chi connectivity index (χ0) is 13.1. The zero-order valence-corrected chi connectivity index (χ0v) is 12.9. The first-order valence-electron chi connectivity index (χ1n) is 5.63. The predicted octanol–water partition coefficient (Wildman–Crippen LogP) is 2.59. The Labute approximate surface area is 125 Å². The predicted molar refractivity (Wildman–Crippen MR) is 81.0 cm³/mol. The molecule has 1 heterocycles. The topological polar surface area (TPSA) is 38.5 Å². The van der Waals surface area contributed by atoms with E-state index in [2.05, 4.69) is 20.8 Å². The molecule has 1 aromatic carbocycles. The average Bonchev–Trinajstić information content (AvgIpc) is 2.33. The Morgan fingerprint density at radius 3 is 3.06 bits per heavy atom. The van der Waals surface area contributed by atoms with Crippen LogP contribution in [0.3, 0.4) is 0 Å². The number of hydrogen-bond donors (Lipinski definition) is 1. The van der Waals surface area contributed by atoms with Crippen molar-refractivity contribution in [1.82, 2.24) is 4.90 Å².